The fraction of sp³-hybridized carbons (Fsp3) is 0.467. The van der Waals surface area contributed by atoms with E-state index in [1.54, 1.807) is 6.07 Å². The number of benzene rings is 1. The number of aliphatic hydroxyl groups excluding tert-OH is 1. The minimum atomic E-state index is -0.299. The molecule has 2 aromatic rings. The van der Waals surface area contributed by atoms with Gasteiger partial charge in [-0.1, -0.05) is 13.8 Å². The molecule has 0 saturated carbocycles. The Morgan fingerprint density at radius 2 is 2.15 bits per heavy atom. The molecule has 0 radical (unpaired) electrons. The molecule has 0 aliphatic heterocycles. The van der Waals surface area contributed by atoms with Crippen LogP contribution in [0.4, 0.5) is 10.2 Å². The number of hydrogen-bond donors (Lipinski definition) is 2. The van der Waals surface area contributed by atoms with Gasteiger partial charge < -0.3 is 10.4 Å². The van der Waals surface area contributed by atoms with Gasteiger partial charge in [0.15, 0.2) is 0 Å². The number of nitrogens with zero attached hydrogens (tertiary/aromatic N) is 2. The van der Waals surface area contributed by atoms with Crippen LogP contribution in [0.5, 0.6) is 0 Å². The Kier molecular flexibility index (Phi) is 4.84. The highest BCUT2D eigenvalue weighted by Crippen LogP contribution is 2.22. The first-order valence-corrected chi connectivity index (χ1v) is 6.91. The van der Waals surface area contributed by atoms with E-state index in [1.165, 1.54) is 18.5 Å². The van der Waals surface area contributed by atoms with Gasteiger partial charge in [0.05, 0.1) is 5.52 Å². The second-order valence-corrected chi connectivity index (χ2v) is 5.16. The summed E-state index contributed by atoms with van der Waals surface area (Å²) in [5.74, 6) is 0.566. The molecule has 2 N–H and O–H groups in total. The van der Waals surface area contributed by atoms with Crippen LogP contribution in [0.1, 0.15) is 26.7 Å². The summed E-state index contributed by atoms with van der Waals surface area (Å²) < 4.78 is 13.4. The lowest BCUT2D eigenvalue weighted by atomic mass is 10.0. The maximum atomic E-state index is 13.4. The Hall–Kier alpha value is -1.75. The van der Waals surface area contributed by atoms with Crippen LogP contribution < -0.4 is 5.32 Å². The number of hydrogen-bond acceptors (Lipinski definition) is 4. The predicted molar refractivity (Wildman–Crippen MR) is 78.1 cm³/mol. The van der Waals surface area contributed by atoms with Crippen molar-refractivity contribution in [1.82, 2.24) is 9.97 Å². The molecule has 1 aromatic heterocycles. The molecule has 2 atom stereocenters. The zero-order chi connectivity index (χ0) is 14.5. The fourth-order valence-corrected chi connectivity index (χ4v) is 2.23. The topological polar surface area (TPSA) is 58.0 Å². The molecule has 0 fully saturated rings. The Morgan fingerprint density at radius 1 is 1.35 bits per heavy atom. The molecule has 1 aromatic carbocycles. The summed E-state index contributed by atoms with van der Waals surface area (Å²) in [6.07, 6.45) is 3.23. The van der Waals surface area contributed by atoms with Gasteiger partial charge in [0.25, 0.3) is 0 Å². The summed E-state index contributed by atoms with van der Waals surface area (Å²) >= 11 is 0. The molecule has 4 nitrogen and oxygen atoms in total. The maximum absolute atomic E-state index is 13.4. The van der Waals surface area contributed by atoms with Crippen LogP contribution in [0, 0.1) is 11.7 Å². The van der Waals surface area contributed by atoms with E-state index in [-0.39, 0.29) is 24.4 Å². The van der Waals surface area contributed by atoms with Crippen molar-refractivity contribution in [3.05, 3.63) is 30.3 Å². The zero-order valence-corrected chi connectivity index (χ0v) is 11.8. The lowest BCUT2D eigenvalue weighted by Crippen LogP contribution is -2.23. The van der Waals surface area contributed by atoms with Gasteiger partial charge in [-0.2, -0.15) is 0 Å². The first-order chi connectivity index (χ1) is 9.63. The summed E-state index contributed by atoms with van der Waals surface area (Å²) in [5.41, 5.74) is 0.717. The minimum Gasteiger partial charge on any atom is -0.396 e. The highest BCUT2D eigenvalue weighted by molar-refractivity contribution is 5.88. The molecule has 0 bridgehead atoms. The molecule has 5 heteroatoms. The van der Waals surface area contributed by atoms with E-state index in [4.69, 9.17) is 5.11 Å². The summed E-state index contributed by atoms with van der Waals surface area (Å²) in [7, 11) is 0. The van der Waals surface area contributed by atoms with Gasteiger partial charge in [0.2, 0.25) is 0 Å². The zero-order valence-electron chi connectivity index (χ0n) is 11.8. The van der Waals surface area contributed by atoms with Gasteiger partial charge in [-0.15, -0.1) is 0 Å². The van der Waals surface area contributed by atoms with E-state index in [0.29, 0.717) is 16.7 Å². The first kappa shape index (κ1) is 14.7. The fourth-order valence-electron chi connectivity index (χ4n) is 2.23. The molecule has 0 aliphatic carbocycles. The Labute approximate surface area is 118 Å². The van der Waals surface area contributed by atoms with Crippen molar-refractivity contribution >= 4 is 16.7 Å². The van der Waals surface area contributed by atoms with Crippen molar-refractivity contribution in [2.75, 3.05) is 11.9 Å². The standard InChI is InChI=1S/C15H20FN3O/c1-3-12(6-10(2)8-20)19-15-13-7-11(16)4-5-14(13)17-9-18-15/h4-5,7,9-10,12,20H,3,6,8H2,1-2H3,(H,17,18,19)/t10-,12+/m1/s1. The number of rotatable bonds is 6. The van der Waals surface area contributed by atoms with E-state index in [1.807, 2.05) is 6.92 Å². The molecule has 108 valence electrons. The van der Waals surface area contributed by atoms with Gasteiger partial charge in [-0.25, -0.2) is 14.4 Å². The lowest BCUT2D eigenvalue weighted by molar-refractivity contribution is 0.224. The van der Waals surface area contributed by atoms with Gasteiger partial charge >= 0.3 is 0 Å². The SMILES string of the molecule is CC[C@@H](C[C@@H](C)CO)Nc1ncnc2ccc(F)cc12. The second kappa shape index (κ2) is 6.61. The van der Waals surface area contributed by atoms with Crippen LogP contribution >= 0.6 is 0 Å². The Bertz CT molecular complexity index is 576. The summed E-state index contributed by atoms with van der Waals surface area (Å²) in [5, 5.41) is 13.2. The maximum Gasteiger partial charge on any atom is 0.137 e. The lowest BCUT2D eigenvalue weighted by Gasteiger charge is -2.21. The van der Waals surface area contributed by atoms with E-state index in [2.05, 4.69) is 22.2 Å². The van der Waals surface area contributed by atoms with Crippen LogP contribution in [-0.4, -0.2) is 27.7 Å². The number of aromatic nitrogens is 2. The van der Waals surface area contributed by atoms with E-state index in [9.17, 15) is 4.39 Å². The number of anilines is 1. The third-order valence-corrected chi connectivity index (χ3v) is 3.43. The van der Waals surface area contributed by atoms with Gasteiger partial charge in [-0.05, 0) is 37.0 Å². The number of aliphatic hydroxyl groups is 1. The third-order valence-electron chi connectivity index (χ3n) is 3.43. The monoisotopic (exact) mass is 277 g/mol. The van der Waals surface area contributed by atoms with E-state index >= 15 is 0 Å². The van der Waals surface area contributed by atoms with Crippen molar-refractivity contribution in [3.63, 3.8) is 0 Å². The van der Waals surface area contributed by atoms with Crippen LogP contribution in [0.25, 0.3) is 10.9 Å². The molecule has 2 rings (SSSR count). The molecule has 0 aliphatic rings. The molecule has 0 amide bonds. The highest BCUT2D eigenvalue weighted by Gasteiger charge is 2.13. The van der Waals surface area contributed by atoms with Crippen molar-refractivity contribution < 1.29 is 9.50 Å². The number of nitrogens with one attached hydrogen (secondary N) is 1. The average molecular weight is 277 g/mol. The largest absolute Gasteiger partial charge is 0.396 e. The first-order valence-electron chi connectivity index (χ1n) is 6.91. The average Bonchev–Trinajstić information content (AvgIpc) is 2.46. The van der Waals surface area contributed by atoms with Crippen molar-refractivity contribution in [1.29, 1.82) is 0 Å². The number of fused-ring (bicyclic) bond motifs is 1. The Morgan fingerprint density at radius 3 is 2.85 bits per heavy atom. The van der Waals surface area contributed by atoms with Crippen molar-refractivity contribution in [2.45, 2.75) is 32.7 Å². The van der Waals surface area contributed by atoms with Gasteiger partial charge in [0, 0.05) is 18.0 Å². The van der Waals surface area contributed by atoms with Crippen LogP contribution in [-0.2, 0) is 0 Å². The number of halogens is 1. The molecule has 1 heterocycles. The summed E-state index contributed by atoms with van der Waals surface area (Å²) in [6.45, 7) is 4.24. The van der Waals surface area contributed by atoms with Crippen molar-refractivity contribution in [3.8, 4) is 0 Å². The molecular formula is C15H20FN3O. The molecular weight excluding hydrogens is 257 g/mol. The molecule has 0 unspecified atom stereocenters. The van der Waals surface area contributed by atoms with Crippen LogP contribution in [0.2, 0.25) is 0 Å². The van der Waals surface area contributed by atoms with Crippen molar-refractivity contribution in [2.24, 2.45) is 5.92 Å². The van der Waals surface area contributed by atoms with E-state index in [0.717, 1.165) is 12.8 Å². The smallest absolute Gasteiger partial charge is 0.137 e. The van der Waals surface area contributed by atoms with Crippen LogP contribution in [0.15, 0.2) is 24.5 Å². The third kappa shape index (κ3) is 3.42. The van der Waals surface area contributed by atoms with Crippen LogP contribution in [0.3, 0.4) is 0 Å². The minimum absolute atomic E-state index is 0.164. The normalized spacial score (nSPS) is 14.2. The summed E-state index contributed by atoms with van der Waals surface area (Å²) in [4.78, 5) is 8.35. The van der Waals surface area contributed by atoms with E-state index < -0.39 is 0 Å². The highest BCUT2D eigenvalue weighted by atomic mass is 19.1. The van der Waals surface area contributed by atoms with Gasteiger partial charge in [0.1, 0.15) is 18.0 Å². The van der Waals surface area contributed by atoms with Gasteiger partial charge in [-0.3, -0.25) is 0 Å². The molecule has 20 heavy (non-hydrogen) atoms. The molecule has 0 spiro atoms. The predicted octanol–water partition coefficient (Wildman–Crippen LogP) is 2.98. The quantitative estimate of drug-likeness (QED) is 0.852. The molecule has 0 saturated heterocycles. The second-order valence-electron chi connectivity index (χ2n) is 5.16. The Balaban J connectivity index is 2.25. The summed E-state index contributed by atoms with van der Waals surface area (Å²) in [6, 6.07) is 4.68.